The van der Waals surface area contributed by atoms with Crippen LogP contribution in [0.5, 0.6) is 0 Å². The zero-order chi connectivity index (χ0) is 14.6. The molecule has 6 heteroatoms. The van der Waals surface area contributed by atoms with Gasteiger partial charge in [-0.1, -0.05) is 12.8 Å². The van der Waals surface area contributed by atoms with Crippen LogP contribution in [0.15, 0.2) is 0 Å². The van der Waals surface area contributed by atoms with Crippen LogP contribution >= 0.6 is 0 Å². The highest BCUT2D eigenvalue weighted by atomic mass is 32.2. The Kier molecular flexibility index (Phi) is 5.80. The zero-order valence-corrected chi connectivity index (χ0v) is 12.8. The third-order valence-electron chi connectivity index (χ3n) is 3.76. The van der Waals surface area contributed by atoms with Gasteiger partial charge < -0.3 is 10.0 Å². The van der Waals surface area contributed by atoms with Crippen molar-refractivity contribution in [2.45, 2.75) is 63.3 Å². The molecule has 0 bridgehead atoms. The second-order valence-electron chi connectivity index (χ2n) is 5.59. The maximum atomic E-state index is 12.4. The summed E-state index contributed by atoms with van der Waals surface area (Å²) >= 11 is 0. The van der Waals surface area contributed by atoms with Crippen LogP contribution in [0.1, 0.15) is 46.0 Å². The fourth-order valence-corrected chi connectivity index (χ4v) is 3.02. The molecule has 3 unspecified atom stereocenters. The Morgan fingerprint density at radius 1 is 1.32 bits per heavy atom. The van der Waals surface area contributed by atoms with E-state index in [1.165, 1.54) is 6.92 Å². The van der Waals surface area contributed by atoms with Crippen LogP contribution in [0, 0.1) is 0 Å². The zero-order valence-electron chi connectivity index (χ0n) is 12.0. The molecule has 112 valence electrons. The summed E-state index contributed by atoms with van der Waals surface area (Å²) in [6.07, 6.45) is 4.94. The maximum absolute atomic E-state index is 12.4. The molecule has 0 aromatic rings. The number of hydrogen-bond donors (Lipinski definition) is 1. The average Bonchev–Trinajstić information content (AvgIpc) is 2.50. The first-order chi connectivity index (χ1) is 8.73. The van der Waals surface area contributed by atoms with E-state index in [1.54, 1.807) is 11.8 Å². The van der Waals surface area contributed by atoms with E-state index in [9.17, 15) is 18.3 Å². The molecule has 19 heavy (non-hydrogen) atoms. The second kappa shape index (κ2) is 6.70. The van der Waals surface area contributed by atoms with E-state index >= 15 is 0 Å². The van der Waals surface area contributed by atoms with Crippen molar-refractivity contribution in [1.82, 2.24) is 4.90 Å². The smallest absolute Gasteiger partial charge is 0.240 e. The van der Waals surface area contributed by atoms with Gasteiger partial charge in [0.25, 0.3) is 0 Å². The molecule has 3 atom stereocenters. The molecule has 5 nitrogen and oxygen atoms in total. The molecule has 0 radical (unpaired) electrons. The second-order valence-corrected chi connectivity index (χ2v) is 7.96. The minimum Gasteiger partial charge on any atom is -0.393 e. The van der Waals surface area contributed by atoms with Crippen LogP contribution in [0.25, 0.3) is 0 Å². The number of nitrogens with zero attached hydrogens (tertiary/aromatic N) is 1. The van der Waals surface area contributed by atoms with Gasteiger partial charge >= 0.3 is 0 Å². The first kappa shape index (κ1) is 16.4. The van der Waals surface area contributed by atoms with Gasteiger partial charge in [0.1, 0.15) is 5.25 Å². The molecular weight excluding hydrogens is 266 g/mol. The Balaban J connectivity index is 2.87. The lowest BCUT2D eigenvalue weighted by molar-refractivity contribution is -0.133. The van der Waals surface area contributed by atoms with Gasteiger partial charge in [-0.15, -0.1) is 0 Å². The molecule has 1 heterocycles. The fraction of sp³-hybridized carbons (Fsp3) is 0.923. The Morgan fingerprint density at radius 2 is 1.95 bits per heavy atom. The number of likely N-dealkylation sites (tertiary alicyclic amines) is 1. The average molecular weight is 291 g/mol. The highest BCUT2D eigenvalue weighted by Gasteiger charge is 2.33. The van der Waals surface area contributed by atoms with Crippen LogP contribution in [0.4, 0.5) is 0 Å². The molecular formula is C13H25NO4S. The molecule has 0 aliphatic carbocycles. The van der Waals surface area contributed by atoms with Gasteiger partial charge in [0.05, 0.1) is 6.10 Å². The van der Waals surface area contributed by atoms with Gasteiger partial charge in [-0.05, 0) is 33.1 Å². The molecule has 1 rings (SSSR count). The molecule has 0 aromatic carbocycles. The van der Waals surface area contributed by atoms with Crippen molar-refractivity contribution in [3.05, 3.63) is 0 Å². The standard InChI is InChI=1S/C13H25NO4S/c1-10(15)9-12-7-5-4-6-8-14(12)13(16)11(2)19(3,17)18/h10-12,15H,4-9H2,1-3H3. The summed E-state index contributed by atoms with van der Waals surface area (Å²) in [5.74, 6) is -0.324. The minimum absolute atomic E-state index is 0.0424. The Hall–Kier alpha value is -0.620. The third kappa shape index (κ3) is 4.76. The van der Waals surface area contributed by atoms with Crippen molar-refractivity contribution in [2.75, 3.05) is 12.8 Å². The Morgan fingerprint density at radius 3 is 2.47 bits per heavy atom. The summed E-state index contributed by atoms with van der Waals surface area (Å²) in [5, 5.41) is 8.54. The first-order valence-electron chi connectivity index (χ1n) is 6.91. The molecule has 1 aliphatic rings. The van der Waals surface area contributed by atoms with E-state index < -0.39 is 21.2 Å². The van der Waals surface area contributed by atoms with E-state index in [-0.39, 0.29) is 11.9 Å². The third-order valence-corrected chi connectivity index (χ3v) is 5.25. The molecule has 1 amide bonds. The first-order valence-corrected chi connectivity index (χ1v) is 8.86. The van der Waals surface area contributed by atoms with Gasteiger partial charge in [0.15, 0.2) is 9.84 Å². The van der Waals surface area contributed by atoms with Crippen LogP contribution in [-0.4, -0.2) is 54.5 Å². The molecule has 1 N–H and O–H groups in total. The normalized spacial score (nSPS) is 24.6. The number of hydrogen-bond acceptors (Lipinski definition) is 4. The summed E-state index contributed by atoms with van der Waals surface area (Å²) in [6, 6.07) is -0.0424. The molecule has 0 spiro atoms. The van der Waals surface area contributed by atoms with Gasteiger partial charge in [0.2, 0.25) is 5.91 Å². The van der Waals surface area contributed by atoms with E-state index in [1.807, 2.05) is 0 Å². The van der Waals surface area contributed by atoms with Crippen molar-refractivity contribution in [3.63, 3.8) is 0 Å². The Bertz CT molecular complexity index is 405. The summed E-state index contributed by atoms with van der Waals surface area (Å²) < 4.78 is 23.1. The predicted molar refractivity (Wildman–Crippen MR) is 74.6 cm³/mol. The molecule has 0 saturated carbocycles. The van der Waals surface area contributed by atoms with Crippen molar-refractivity contribution < 1.29 is 18.3 Å². The quantitative estimate of drug-likeness (QED) is 0.837. The number of aliphatic hydroxyl groups is 1. The number of carbonyl (C=O) groups is 1. The molecule has 1 saturated heterocycles. The summed E-state index contributed by atoms with van der Waals surface area (Å²) in [5.41, 5.74) is 0. The lowest BCUT2D eigenvalue weighted by atomic mass is 10.0. The minimum atomic E-state index is -3.37. The maximum Gasteiger partial charge on any atom is 0.240 e. The van der Waals surface area contributed by atoms with Crippen LogP contribution in [0.3, 0.4) is 0 Å². The van der Waals surface area contributed by atoms with Crippen LogP contribution < -0.4 is 0 Å². The van der Waals surface area contributed by atoms with E-state index in [4.69, 9.17) is 0 Å². The SMILES string of the molecule is CC(O)CC1CCCCCN1C(=O)C(C)S(C)(=O)=O. The van der Waals surface area contributed by atoms with Crippen LogP contribution in [-0.2, 0) is 14.6 Å². The van der Waals surface area contributed by atoms with Crippen molar-refractivity contribution in [1.29, 1.82) is 0 Å². The van der Waals surface area contributed by atoms with E-state index in [2.05, 4.69) is 0 Å². The van der Waals surface area contributed by atoms with Gasteiger partial charge in [-0.3, -0.25) is 4.79 Å². The van der Waals surface area contributed by atoms with Gasteiger partial charge in [0, 0.05) is 18.8 Å². The summed E-state index contributed by atoms with van der Waals surface area (Å²) in [7, 11) is -3.37. The molecule has 0 aromatic heterocycles. The number of carbonyl (C=O) groups excluding carboxylic acids is 1. The highest BCUT2D eigenvalue weighted by molar-refractivity contribution is 7.92. The lowest BCUT2D eigenvalue weighted by Gasteiger charge is -2.32. The number of aliphatic hydroxyl groups excluding tert-OH is 1. The Labute approximate surface area is 115 Å². The highest BCUT2D eigenvalue weighted by Crippen LogP contribution is 2.22. The number of amides is 1. The summed E-state index contributed by atoms with van der Waals surface area (Å²) in [4.78, 5) is 14.0. The number of sulfone groups is 1. The topological polar surface area (TPSA) is 74.7 Å². The monoisotopic (exact) mass is 291 g/mol. The largest absolute Gasteiger partial charge is 0.393 e. The van der Waals surface area contributed by atoms with Crippen molar-refractivity contribution in [3.8, 4) is 0 Å². The lowest BCUT2D eigenvalue weighted by Crippen LogP contribution is -2.47. The van der Waals surface area contributed by atoms with Crippen molar-refractivity contribution in [2.24, 2.45) is 0 Å². The molecule has 1 fully saturated rings. The van der Waals surface area contributed by atoms with E-state index in [0.717, 1.165) is 31.9 Å². The van der Waals surface area contributed by atoms with Crippen molar-refractivity contribution >= 4 is 15.7 Å². The van der Waals surface area contributed by atoms with Crippen LogP contribution in [0.2, 0.25) is 0 Å². The predicted octanol–water partition coefficient (Wildman–Crippen LogP) is 0.962. The fourth-order valence-electron chi connectivity index (χ4n) is 2.52. The van der Waals surface area contributed by atoms with E-state index in [0.29, 0.717) is 13.0 Å². The number of rotatable bonds is 4. The van der Waals surface area contributed by atoms with Gasteiger partial charge in [-0.2, -0.15) is 0 Å². The van der Waals surface area contributed by atoms with Gasteiger partial charge in [-0.25, -0.2) is 8.42 Å². The summed E-state index contributed by atoms with van der Waals surface area (Å²) in [6.45, 7) is 3.74. The molecule has 1 aliphatic heterocycles.